The number of aromatic nitrogens is 4. The van der Waals surface area contributed by atoms with E-state index in [9.17, 15) is 0 Å². The molecule has 192 valence electrons. The fraction of sp³-hybridized carbons (Fsp3) is 0. The van der Waals surface area contributed by atoms with Gasteiger partial charge in [0.2, 0.25) is 0 Å². The van der Waals surface area contributed by atoms with Gasteiger partial charge in [-0.15, -0.1) is 0 Å². The number of rotatable bonds is 4. The first-order valence-corrected chi connectivity index (χ1v) is 13.5. The van der Waals surface area contributed by atoms with Crippen molar-refractivity contribution in [3.05, 3.63) is 133 Å². The molecule has 0 radical (unpaired) electrons. The van der Waals surface area contributed by atoms with Crippen LogP contribution in [0, 0.1) is 0 Å². The third kappa shape index (κ3) is 4.03. The summed E-state index contributed by atoms with van der Waals surface area (Å²) in [7, 11) is 0. The minimum atomic E-state index is 0.629. The highest BCUT2D eigenvalue weighted by atomic mass is 16.5. The smallest absolute Gasteiger partial charge is 0.175 e. The summed E-state index contributed by atoms with van der Waals surface area (Å²) in [6, 6.07) is 45.0. The summed E-state index contributed by atoms with van der Waals surface area (Å²) in [6.07, 6.45) is 0. The monoisotopic (exact) mass is 526 g/mol. The largest absolute Gasteiger partial charge is 0.355 e. The van der Waals surface area contributed by atoms with Gasteiger partial charge >= 0.3 is 0 Å². The van der Waals surface area contributed by atoms with E-state index in [1.807, 2.05) is 78.9 Å². The minimum absolute atomic E-state index is 0.629. The molecular formula is C36H22N4O. The van der Waals surface area contributed by atoms with Crippen LogP contribution >= 0.6 is 0 Å². The van der Waals surface area contributed by atoms with Crippen molar-refractivity contribution in [3.8, 4) is 45.4 Å². The number of nitrogens with zero attached hydrogens (tertiary/aromatic N) is 4. The summed E-state index contributed by atoms with van der Waals surface area (Å²) in [6.45, 7) is 0. The molecule has 2 aromatic heterocycles. The van der Waals surface area contributed by atoms with Crippen molar-refractivity contribution in [1.29, 1.82) is 0 Å². The summed E-state index contributed by atoms with van der Waals surface area (Å²) in [4.78, 5) is 14.6. The van der Waals surface area contributed by atoms with E-state index in [0.717, 1.165) is 60.5 Å². The van der Waals surface area contributed by atoms with E-state index in [-0.39, 0.29) is 0 Å². The number of hydrogen-bond donors (Lipinski definition) is 0. The Morgan fingerprint density at radius 3 is 1.56 bits per heavy atom. The third-order valence-electron chi connectivity index (χ3n) is 7.44. The molecule has 0 aliphatic carbocycles. The Labute approximate surface area is 235 Å². The van der Waals surface area contributed by atoms with Crippen LogP contribution in [0.1, 0.15) is 0 Å². The van der Waals surface area contributed by atoms with Crippen LogP contribution in [-0.4, -0.2) is 20.1 Å². The fourth-order valence-corrected chi connectivity index (χ4v) is 5.43. The van der Waals surface area contributed by atoms with Gasteiger partial charge in [-0.05, 0) is 28.3 Å². The quantitative estimate of drug-likeness (QED) is 0.214. The molecule has 8 rings (SSSR count). The second kappa shape index (κ2) is 9.50. The molecule has 6 aromatic carbocycles. The lowest BCUT2D eigenvalue weighted by Crippen LogP contribution is -2.00. The predicted molar refractivity (Wildman–Crippen MR) is 164 cm³/mol. The van der Waals surface area contributed by atoms with Gasteiger partial charge in [-0.3, -0.25) is 0 Å². The van der Waals surface area contributed by atoms with Crippen molar-refractivity contribution in [2.45, 2.75) is 0 Å². The van der Waals surface area contributed by atoms with Crippen molar-refractivity contribution in [1.82, 2.24) is 20.1 Å². The Morgan fingerprint density at radius 1 is 0.415 bits per heavy atom. The highest BCUT2D eigenvalue weighted by molar-refractivity contribution is 6.20. The van der Waals surface area contributed by atoms with Gasteiger partial charge in [0.25, 0.3) is 0 Å². The van der Waals surface area contributed by atoms with Crippen molar-refractivity contribution >= 4 is 32.5 Å². The lowest BCUT2D eigenvalue weighted by molar-refractivity contribution is 0.462. The molecule has 0 saturated carbocycles. The fourth-order valence-electron chi connectivity index (χ4n) is 5.43. The van der Waals surface area contributed by atoms with E-state index in [1.54, 1.807) is 0 Å². The maximum Gasteiger partial charge on any atom is 0.175 e. The van der Waals surface area contributed by atoms with Crippen molar-refractivity contribution < 1.29 is 4.52 Å². The van der Waals surface area contributed by atoms with Crippen LogP contribution in [0.2, 0.25) is 0 Å². The van der Waals surface area contributed by atoms with Gasteiger partial charge in [0, 0.05) is 27.6 Å². The number of fused-ring (bicyclic) bond motifs is 5. The predicted octanol–water partition coefficient (Wildman–Crippen LogP) is 8.99. The molecule has 0 atom stereocenters. The Kier molecular flexibility index (Phi) is 5.38. The SMILES string of the molecule is c1ccc(-c2nc(-c3ccccc3)nc(-c3ccc4c(ccc5ccc6c(-c7ccccc7)noc6c54)c3)n2)cc1. The molecule has 0 unspecified atom stereocenters. The highest BCUT2D eigenvalue weighted by Crippen LogP contribution is 2.37. The van der Waals surface area contributed by atoms with Crippen molar-refractivity contribution in [3.63, 3.8) is 0 Å². The van der Waals surface area contributed by atoms with Gasteiger partial charge < -0.3 is 4.52 Å². The molecule has 0 spiro atoms. The van der Waals surface area contributed by atoms with E-state index in [0.29, 0.717) is 17.5 Å². The molecular weight excluding hydrogens is 504 g/mol. The average molecular weight is 527 g/mol. The first-order chi connectivity index (χ1) is 20.3. The van der Waals surface area contributed by atoms with Gasteiger partial charge in [-0.1, -0.05) is 126 Å². The van der Waals surface area contributed by atoms with Crippen LogP contribution in [0.3, 0.4) is 0 Å². The second-order valence-electron chi connectivity index (χ2n) is 9.98. The Bertz CT molecular complexity index is 2130. The van der Waals surface area contributed by atoms with Gasteiger partial charge in [0.15, 0.2) is 23.1 Å². The van der Waals surface area contributed by atoms with Gasteiger partial charge in [-0.2, -0.15) is 0 Å². The first kappa shape index (κ1) is 23.2. The molecule has 0 aliphatic rings. The summed E-state index contributed by atoms with van der Waals surface area (Å²) in [5.41, 5.74) is 5.49. The molecule has 5 heteroatoms. The minimum Gasteiger partial charge on any atom is -0.355 e. The summed E-state index contributed by atoms with van der Waals surface area (Å²) >= 11 is 0. The van der Waals surface area contributed by atoms with Gasteiger partial charge in [0.05, 0.1) is 5.39 Å². The zero-order valence-electron chi connectivity index (χ0n) is 21.9. The third-order valence-corrected chi connectivity index (χ3v) is 7.44. The lowest BCUT2D eigenvalue weighted by Gasteiger charge is -2.10. The zero-order chi connectivity index (χ0) is 27.2. The van der Waals surface area contributed by atoms with Gasteiger partial charge in [0.1, 0.15) is 5.69 Å². The highest BCUT2D eigenvalue weighted by Gasteiger charge is 2.17. The van der Waals surface area contributed by atoms with E-state index in [1.165, 1.54) is 0 Å². The summed E-state index contributed by atoms with van der Waals surface area (Å²) in [5.74, 6) is 1.92. The van der Waals surface area contributed by atoms with E-state index in [4.69, 9.17) is 19.5 Å². The van der Waals surface area contributed by atoms with E-state index in [2.05, 4.69) is 59.8 Å². The maximum absolute atomic E-state index is 5.99. The molecule has 8 aromatic rings. The molecule has 2 heterocycles. The van der Waals surface area contributed by atoms with Crippen LogP contribution < -0.4 is 0 Å². The molecule has 5 nitrogen and oxygen atoms in total. The topological polar surface area (TPSA) is 64.7 Å². The Hall–Kier alpha value is -5.68. The Balaban J connectivity index is 1.31. The summed E-state index contributed by atoms with van der Waals surface area (Å²) in [5, 5.41) is 9.78. The van der Waals surface area contributed by atoms with Crippen molar-refractivity contribution in [2.24, 2.45) is 0 Å². The average Bonchev–Trinajstić information content (AvgIpc) is 3.50. The Morgan fingerprint density at radius 2 is 0.927 bits per heavy atom. The standard InChI is InChI=1S/C36H22N4O/c1-4-10-24(11-5-1)32-30-21-18-23-16-17-27-22-28(19-20-29(27)31(23)33(30)41-40-32)36-38-34(25-12-6-2-7-13-25)37-35(39-36)26-14-8-3-9-15-26/h1-22H. The first-order valence-electron chi connectivity index (χ1n) is 13.5. The van der Waals surface area contributed by atoms with Gasteiger partial charge in [-0.25, -0.2) is 15.0 Å². The van der Waals surface area contributed by atoms with Crippen molar-refractivity contribution in [2.75, 3.05) is 0 Å². The molecule has 0 bridgehead atoms. The molecule has 0 N–H and O–H groups in total. The molecule has 0 fully saturated rings. The number of hydrogen-bond acceptors (Lipinski definition) is 5. The maximum atomic E-state index is 5.99. The van der Waals surface area contributed by atoms with E-state index < -0.39 is 0 Å². The van der Waals surface area contributed by atoms with Crippen LogP contribution in [-0.2, 0) is 0 Å². The number of benzene rings is 6. The molecule has 41 heavy (non-hydrogen) atoms. The zero-order valence-corrected chi connectivity index (χ0v) is 21.9. The van der Waals surface area contributed by atoms with Crippen LogP contribution in [0.4, 0.5) is 0 Å². The lowest BCUT2D eigenvalue weighted by atomic mass is 9.97. The molecule has 0 saturated heterocycles. The molecule has 0 aliphatic heterocycles. The van der Waals surface area contributed by atoms with Crippen LogP contribution in [0.25, 0.3) is 77.9 Å². The van der Waals surface area contributed by atoms with E-state index >= 15 is 0 Å². The summed E-state index contributed by atoms with van der Waals surface area (Å²) < 4.78 is 5.99. The second-order valence-corrected chi connectivity index (χ2v) is 9.98. The molecule has 0 amide bonds. The normalized spacial score (nSPS) is 11.4. The van der Waals surface area contributed by atoms with Crippen LogP contribution in [0.5, 0.6) is 0 Å². The van der Waals surface area contributed by atoms with Crippen LogP contribution in [0.15, 0.2) is 138 Å².